The van der Waals surface area contributed by atoms with Gasteiger partial charge in [-0.25, -0.2) is 0 Å². The van der Waals surface area contributed by atoms with Gasteiger partial charge in [-0.05, 0) is 12.8 Å². The molecule has 0 fully saturated rings. The highest BCUT2D eigenvalue weighted by Gasteiger charge is 2.15. The smallest absolute Gasteiger partial charge is 0.306 e. The molecule has 0 aromatic heterocycles. The normalized spacial score (nSPS) is 12.0. The van der Waals surface area contributed by atoms with Crippen molar-refractivity contribution in [3.05, 3.63) is 0 Å². The number of esters is 2. The molecule has 1 unspecified atom stereocenters. The summed E-state index contributed by atoms with van der Waals surface area (Å²) in [5.74, 6) is -0.652. The van der Waals surface area contributed by atoms with E-state index < -0.39 is 6.10 Å². The van der Waals surface area contributed by atoms with Crippen molar-refractivity contribution in [1.29, 1.82) is 0 Å². The minimum absolute atomic E-state index is 0.0699. The van der Waals surface area contributed by atoms with Gasteiger partial charge in [-0.2, -0.15) is 0 Å². The zero-order valence-electron chi connectivity index (χ0n) is 17.7. The van der Waals surface area contributed by atoms with E-state index in [1.54, 1.807) is 0 Å². The van der Waals surface area contributed by atoms with E-state index in [9.17, 15) is 14.7 Å². The zero-order chi connectivity index (χ0) is 20.2. The van der Waals surface area contributed by atoms with Crippen molar-refractivity contribution in [2.75, 3.05) is 13.2 Å². The van der Waals surface area contributed by atoms with Crippen LogP contribution in [-0.2, 0) is 19.1 Å². The fourth-order valence-electron chi connectivity index (χ4n) is 2.94. The molecule has 0 amide bonds. The fourth-order valence-corrected chi connectivity index (χ4v) is 2.94. The average molecular weight is 387 g/mol. The van der Waals surface area contributed by atoms with E-state index in [2.05, 4.69) is 6.92 Å². The van der Waals surface area contributed by atoms with Crippen molar-refractivity contribution in [3.8, 4) is 0 Å². The Kier molecular flexibility index (Phi) is 18.9. The molecule has 5 nitrogen and oxygen atoms in total. The van der Waals surface area contributed by atoms with E-state index in [0.29, 0.717) is 19.3 Å². The van der Waals surface area contributed by atoms with Crippen LogP contribution in [0.15, 0.2) is 0 Å². The Labute approximate surface area is 166 Å². The molecule has 0 aliphatic rings. The summed E-state index contributed by atoms with van der Waals surface area (Å²) in [4.78, 5) is 23.1. The van der Waals surface area contributed by atoms with Gasteiger partial charge >= 0.3 is 11.9 Å². The Bertz CT molecular complexity index is 357. The lowest BCUT2D eigenvalue weighted by molar-refractivity contribution is -0.161. The molecular weight excluding hydrogens is 344 g/mol. The van der Waals surface area contributed by atoms with Crippen molar-refractivity contribution in [2.45, 2.75) is 116 Å². The van der Waals surface area contributed by atoms with Crippen molar-refractivity contribution in [2.24, 2.45) is 0 Å². The van der Waals surface area contributed by atoms with Gasteiger partial charge in [0.1, 0.15) is 6.61 Å². The number of hydrogen-bond donors (Lipinski definition) is 1. The Morgan fingerprint density at radius 3 is 1.70 bits per heavy atom. The maximum atomic E-state index is 11.8. The first-order chi connectivity index (χ1) is 13.1. The van der Waals surface area contributed by atoms with Crippen LogP contribution in [0, 0.1) is 0 Å². The van der Waals surface area contributed by atoms with Crippen molar-refractivity contribution >= 4 is 11.9 Å². The zero-order valence-corrected chi connectivity index (χ0v) is 17.7. The first kappa shape index (κ1) is 25.9. The average Bonchev–Trinajstić information content (AvgIpc) is 2.66. The van der Waals surface area contributed by atoms with Gasteiger partial charge in [0, 0.05) is 12.8 Å². The second-order valence-corrected chi connectivity index (χ2v) is 7.37. The number of hydrogen-bond acceptors (Lipinski definition) is 5. The molecule has 0 aromatic carbocycles. The predicted molar refractivity (Wildman–Crippen MR) is 109 cm³/mol. The third-order valence-corrected chi connectivity index (χ3v) is 4.62. The number of unbranched alkanes of at least 4 members (excludes halogenated alkanes) is 11. The Hall–Kier alpha value is -1.10. The van der Waals surface area contributed by atoms with Crippen LogP contribution < -0.4 is 0 Å². The molecule has 0 spiro atoms. The lowest BCUT2D eigenvalue weighted by Gasteiger charge is -2.15. The number of aliphatic hydroxyl groups excluding tert-OH is 1. The number of rotatable bonds is 19. The summed E-state index contributed by atoms with van der Waals surface area (Å²) in [5, 5.41) is 9.22. The molecule has 160 valence electrons. The molecule has 0 saturated heterocycles. The van der Waals surface area contributed by atoms with Gasteiger partial charge in [0.05, 0.1) is 6.61 Å². The van der Waals surface area contributed by atoms with E-state index in [1.807, 2.05) is 6.92 Å². The SMILES string of the molecule is CCCCCCCCCCCCCCC(=O)OC(CO)COC(=O)CCC. The third-order valence-electron chi connectivity index (χ3n) is 4.62. The Balaban J connectivity index is 3.50. The molecule has 0 bridgehead atoms. The lowest BCUT2D eigenvalue weighted by Crippen LogP contribution is -2.28. The van der Waals surface area contributed by atoms with Crippen molar-refractivity contribution < 1.29 is 24.2 Å². The van der Waals surface area contributed by atoms with Gasteiger partial charge < -0.3 is 14.6 Å². The highest BCUT2D eigenvalue weighted by atomic mass is 16.6. The molecule has 0 rings (SSSR count). The second-order valence-electron chi connectivity index (χ2n) is 7.37. The molecule has 0 heterocycles. The van der Waals surface area contributed by atoms with Crippen LogP contribution in [0.2, 0.25) is 0 Å². The molecule has 0 aromatic rings. The Morgan fingerprint density at radius 2 is 1.22 bits per heavy atom. The van der Waals surface area contributed by atoms with Gasteiger partial charge in [0.15, 0.2) is 6.10 Å². The summed E-state index contributed by atoms with van der Waals surface area (Å²) in [6.45, 7) is 3.73. The number of ether oxygens (including phenoxy) is 2. The van der Waals surface area contributed by atoms with E-state index >= 15 is 0 Å². The Morgan fingerprint density at radius 1 is 0.704 bits per heavy atom. The summed E-state index contributed by atoms with van der Waals surface area (Å²) >= 11 is 0. The molecule has 27 heavy (non-hydrogen) atoms. The minimum atomic E-state index is -0.754. The quantitative estimate of drug-likeness (QED) is 0.240. The van der Waals surface area contributed by atoms with Crippen LogP contribution in [0.3, 0.4) is 0 Å². The number of carbonyl (C=O) groups excluding carboxylic acids is 2. The van der Waals surface area contributed by atoms with Crippen LogP contribution in [0.5, 0.6) is 0 Å². The van der Waals surface area contributed by atoms with Crippen LogP contribution in [0.1, 0.15) is 110 Å². The molecule has 5 heteroatoms. The number of aliphatic hydroxyl groups is 1. The lowest BCUT2D eigenvalue weighted by atomic mass is 10.0. The minimum Gasteiger partial charge on any atom is -0.462 e. The van der Waals surface area contributed by atoms with Gasteiger partial charge in [-0.1, -0.05) is 84.5 Å². The largest absolute Gasteiger partial charge is 0.462 e. The summed E-state index contributed by atoms with van der Waals surface area (Å²) < 4.78 is 10.1. The van der Waals surface area contributed by atoms with Crippen LogP contribution in [0.25, 0.3) is 0 Å². The van der Waals surface area contributed by atoms with Gasteiger partial charge in [0.25, 0.3) is 0 Å². The second kappa shape index (κ2) is 19.7. The summed E-state index contributed by atoms with van der Waals surface area (Å²) in [6.07, 6.45) is 15.6. The maximum Gasteiger partial charge on any atom is 0.306 e. The molecule has 0 saturated carbocycles. The highest BCUT2D eigenvalue weighted by Crippen LogP contribution is 2.13. The highest BCUT2D eigenvalue weighted by molar-refractivity contribution is 5.70. The topological polar surface area (TPSA) is 72.8 Å². The van der Waals surface area contributed by atoms with Crippen LogP contribution in [0.4, 0.5) is 0 Å². The molecular formula is C22H42O5. The first-order valence-corrected chi connectivity index (χ1v) is 11.1. The van der Waals surface area contributed by atoms with E-state index in [0.717, 1.165) is 19.3 Å². The monoisotopic (exact) mass is 386 g/mol. The van der Waals surface area contributed by atoms with E-state index in [4.69, 9.17) is 9.47 Å². The third kappa shape index (κ3) is 18.0. The van der Waals surface area contributed by atoms with Crippen molar-refractivity contribution in [1.82, 2.24) is 0 Å². The number of carbonyl (C=O) groups is 2. The van der Waals surface area contributed by atoms with Gasteiger partial charge in [-0.15, -0.1) is 0 Å². The molecule has 1 atom stereocenters. The molecule has 0 aliphatic carbocycles. The molecule has 0 aliphatic heterocycles. The van der Waals surface area contributed by atoms with E-state index in [-0.39, 0.29) is 25.2 Å². The summed E-state index contributed by atoms with van der Waals surface area (Å²) in [7, 11) is 0. The fraction of sp³-hybridized carbons (Fsp3) is 0.909. The summed E-state index contributed by atoms with van der Waals surface area (Å²) in [6, 6.07) is 0. The predicted octanol–water partition coefficient (Wildman–Crippen LogP) is 5.33. The van der Waals surface area contributed by atoms with Crippen LogP contribution in [-0.4, -0.2) is 36.4 Å². The first-order valence-electron chi connectivity index (χ1n) is 11.1. The summed E-state index contributed by atoms with van der Waals surface area (Å²) in [5.41, 5.74) is 0. The van der Waals surface area contributed by atoms with Gasteiger partial charge in [0.2, 0.25) is 0 Å². The standard InChI is InChI=1S/C22H42O5/c1-3-5-6-7-8-9-10-11-12-13-14-15-17-22(25)27-20(18-23)19-26-21(24)16-4-2/h20,23H,3-19H2,1-2H3. The molecule has 1 N–H and O–H groups in total. The van der Waals surface area contributed by atoms with E-state index in [1.165, 1.54) is 57.8 Å². The van der Waals surface area contributed by atoms with Crippen LogP contribution >= 0.6 is 0 Å². The van der Waals surface area contributed by atoms with Gasteiger partial charge in [-0.3, -0.25) is 9.59 Å². The van der Waals surface area contributed by atoms with Crippen molar-refractivity contribution in [3.63, 3.8) is 0 Å². The maximum absolute atomic E-state index is 11.8. The molecule has 0 radical (unpaired) electrons.